The highest BCUT2D eigenvalue weighted by Crippen LogP contribution is 2.17. The van der Waals surface area contributed by atoms with E-state index in [0.29, 0.717) is 18.4 Å². The topological polar surface area (TPSA) is 64.3 Å². The molecule has 20 heavy (non-hydrogen) atoms. The smallest absolute Gasteiger partial charge is 0.230 e. The van der Waals surface area contributed by atoms with E-state index in [4.69, 9.17) is 10.5 Å². The van der Waals surface area contributed by atoms with Gasteiger partial charge in [-0.25, -0.2) is 0 Å². The van der Waals surface area contributed by atoms with Crippen molar-refractivity contribution >= 4 is 30.1 Å². The summed E-state index contributed by atoms with van der Waals surface area (Å²) in [6.45, 7) is 3.56. The first-order valence-corrected chi connectivity index (χ1v) is 8.60. The number of carbonyl (C=O) groups excluding carboxylic acids is 1. The van der Waals surface area contributed by atoms with Crippen LogP contribution in [0.3, 0.4) is 0 Å². The van der Waals surface area contributed by atoms with Crippen molar-refractivity contribution < 1.29 is 9.53 Å². The predicted molar refractivity (Wildman–Crippen MR) is 88.7 cm³/mol. The molecule has 1 amide bonds. The van der Waals surface area contributed by atoms with Crippen LogP contribution >= 0.6 is 24.2 Å². The fourth-order valence-electron chi connectivity index (χ4n) is 2.19. The molecule has 2 unspecified atom stereocenters. The molecule has 0 aromatic rings. The van der Waals surface area contributed by atoms with Crippen LogP contribution in [-0.2, 0) is 9.53 Å². The zero-order valence-corrected chi connectivity index (χ0v) is 14.1. The van der Waals surface area contributed by atoms with Crippen LogP contribution in [0.4, 0.5) is 0 Å². The van der Waals surface area contributed by atoms with E-state index in [9.17, 15) is 4.79 Å². The van der Waals surface area contributed by atoms with Gasteiger partial charge in [-0.2, -0.15) is 0 Å². The number of hydrogen-bond donors (Lipinski definition) is 2. The zero-order valence-electron chi connectivity index (χ0n) is 12.4. The Kier molecular flexibility index (Phi) is 12.8. The van der Waals surface area contributed by atoms with Gasteiger partial charge in [-0.1, -0.05) is 19.8 Å². The maximum Gasteiger partial charge on any atom is 0.230 e. The fourth-order valence-corrected chi connectivity index (χ4v) is 3.10. The highest BCUT2D eigenvalue weighted by Gasteiger charge is 2.15. The summed E-state index contributed by atoms with van der Waals surface area (Å²) in [5, 5.41) is 3.01. The summed E-state index contributed by atoms with van der Waals surface area (Å²) in [4.78, 5) is 11.8. The minimum atomic E-state index is 0. The molecule has 0 aromatic heterocycles. The summed E-state index contributed by atoms with van der Waals surface area (Å²) in [5.41, 5.74) is 5.67. The Morgan fingerprint density at radius 1 is 1.50 bits per heavy atom. The van der Waals surface area contributed by atoms with E-state index in [-0.39, 0.29) is 24.4 Å². The van der Waals surface area contributed by atoms with E-state index in [0.717, 1.165) is 38.0 Å². The van der Waals surface area contributed by atoms with Crippen molar-refractivity contribution in [2.24, 2.45) is 5.73 Å². The van der Waals surface area contributed by atoms with Gasteiger partial charge >= 0.3 is 0 Å². The summed E-state index contributed by atoms with van der Waals surface area (Å²) >= 11 is 1.67. The summed E-state index contributed by atoms with van der Waals surface area (Å²) in [7, 11) is 0. The molecule has 120 valence electrons. The number of nitrogens with one attached hydrogen (secondary N) is 1. The van der Waals surface area contributed by atoms with E-state index in [1.54, 1.807) is 11.8 Å². The van der Waals surface area contributed by atoms with Gasteiger partial charge in [0, 0.05) is 24.9 Å². The quantitative estimate of drug-likeness (QED) is 0.683. The van der Waals surface area contributed by atoms with Crippen LogP contribution in [0.5, 0.6) is 0 Å². The standard InChI is InChI=1S/C14H28N2O2S.ClH/c1-2-3-6-12(9-15)16-14(17)11-19-10-13-7-4-5-8-18-13;/h12-13H,2-11,15H2,1H3,(H,16,17);1H. The molecular formula is C14H29ClN2O2S. The number of hydrogen-bond acceptors (Lipinski definition) is 4. The minimum Gasteiger partial charge on any atom is -0.377 e. The van der Waals surface area contributed by atoms with Crippen molar-refractivity contribution in [3.63, 3.8) is 0 Å². The van der Waals surface area contributed by atoms with Crippen molar-refractivity contribution in [1.29, 1.82) is 0 Å². The SMILES string of the molecule is CCCCC(CN)NC(=O)CSCC1CCCCO1.Cl. The summed E-state index contributed by atoms with van der Waals surface area (Å²) in [6, 6.07) is 0.138. The van der Waals surface area contributed by atoms with E-state index in [1.165, 1.54) is 12.8 Å². The second kappa shape index (κ2) is 12.7. The number of carbonyl (C=O) groups is 1. The molecule has 2 atom stereocenters. The van der Waals surface area contributed by atoms with Gasteiger partial charge < -0.3 is 15.8 Å². The van der Waals surface area contributed by atoms with Gasteiger partial charge in [0.15, 0.2) is 0 Å². The maximum atomic E-state index is 11.8. The summed E-state index contributed by atoms with van der Waals surface area (Å²) in [6.07, 6.45) is 7.15. The first-order valence-electron chi connectivity index (χ1n) is 7.45. The van der Waals surface area contributed by atoms with Crippen LogP contribution in [0.15, 0.2) is 0 Å². The Morgan fingerprint density at radius 2 is 2.30 bits per heavy atom. The van der Waals surface area contributed by atoms with E-state index >= 15 is 0 Å². The molecule has 0 aliphatic carbocycles. The van der Waals surface area contributed by atoms with Crippen molar-refractivity contribution in [1.82, 2.24) is 5.32 Å². The van der Waals surface area contributed by atoms with Gasteiger partial charge in [-0.05, 0) is 25.7 Å². The zero-order chi connectivity index (χ0) is 13.9. The van der Waals surface area contributed by atoms with Crippen molar-refractivity contribution in [2.75, 3.05) is 24.7 Å². The third kappa shape index (κ3) is 9.06. The molecule has 0 spiro atoms. The van der Waals surface area contributed by atoms with Crippen LogP contribution in [-0.4, -0.2) is 42.7 Å². The Morgan fingerprint density at radius 3 is 2.90 bits per heavy atom. The molecule has 1 heterocycles. The Bertz CT molecular complexity index is 251. The van der Waals surface area contributed by atoms with Crippen LogP contribution in [0, 0.1) is 0 Å². The highest BCUT2D eigenvalue weighted by molar-refractivity contribution is 7.99. The summed E-state index contributed by atoms with van der Waals surface area (Å²) in [5.74, 6) is 1.55. The third-order valence-corrected chi connectivity index (χ3v) is 4.44. The first-order chi connectivity index (χ1) is 9.26. The fraction of sp³-hybridized carbons (Fsp3) is 0.929. The number of halogens is 1. The lowest BCUT2D eigenvalue weighted by Gasteiger charge is -2.22. The lowest BCUT2D eigenvalue weighted by molar-refractivity contribution is -0.119. The molecule has 0 radical (unpaired) electrons. The average Bonchev–Trinajstić information content (AvgIpc) is 2.44. The molecule has 3 N–H and O–H groups in total. The lowest BCUT2D eigenvalue weighted by Crippen LogP contribution is -2.41. The van der Waals surface area contributed by atoms with Gasteiger partial charge in [0.1, 0.15) is 0 Å². The third-order valence-electron chi connectivity index (χ3n) is 3.37. The van der Waals surface area contributed by atoms with Gasteiger partial charge in [-0.3, -0.25) is 4.79 Å². The molecule has 1 rings (SSSR count). The predicted octanol–water partition coefficient (Wildman–Crippen LogP) is 2.34. The molecule has 1 fully saturated rings. The first kappa shape index (κ1) is 20.0. The largest absolute Gasteiger partial charge is 0.377 e. The molecule has 1 aliphatic heterocycles. The molecule has 0 aromatic carbocycles. The van der Waals surface area contributed by atoms with Crippen LogP contribution in [0.25, 0.3) is 0 Å². The molecular weight excluding hydrogens is 296 g/mol. The number of ether oxygens (including phenoxy) is 1. The Balaban J connectivity index is 0.00000361. The Hall–Kier alpha value is 0.0300. The van der Waals surface area contributed by atoms with Gasteiger partial charge in [0.2, 0.25) is 5.91 Å². The number of amides is 1. The van der Waals surface area contributed by atoms with E-state index in [1.807, 2.05) is 0 Å². The van der Waals surface area contributed by atoms with E-state index < -0.39 is 0 Å². The van der Waals surface area contributed by atoms with Crippen molar-refractivity contribution in [3.8, 4) is 0 Å². The van der Waals surface area contributed by atoms with E-state index in [2.05, 4.69) is 12.2 Å². The molecule has 1 saturated heterocycles. The van der Waals surface area contributed by atoms with Crippen molar-refractivity contribution in [3.05, 3.63) is 0 Å². The number of rotatable bonds is 9. The Labute approximate surface area is 133 Å². The van der Waals surface area contributed by atoms with Gasteiger partial charge in [0.25, 0.3) is 0 Å². The number of nitrogens with two attached hydrogens (primary N) is 1. The lowest BCUT2D eigenvalue weighted by atomic mass is 10.1. The van der Waals surface area contributed by atoms with Gasteiger partial charge in [0.05, 0.1) is 11.9 Å². The van der Waals surface area contributed by atoms with Gasteiger partial charge in [-0.15, -0.1) is 24.2 Å². The van der Waals surface area contributed by atoms with Crippen molar-refractivity contribution in [2.45, 2.75) is 57.6 Å². The number of thioether (sulfide) groups is 1. The number of unbranched alkanes of at least 4 members (excludes halogenated alkanes) is 1. The molecule has 1 aliphatic rings. The molecule has 0 saturated carbocycles. The highest BCUT2D eigenvalue weighted by atomic mass is 35.5. The van der Waals surface area contributed by atoms with Crippen LogP contribution in [0.2, 0.25) is 0 Å². The second-order valence-electron chi connectivity index (χ2n) is 5.15. The monoisotopic (exact) mass is 324 g/mol. The van der Waals surface area contributed by atoms with Crippen LogP contribution < -0.4 is 11.1 Å². The maximum absolute atomic E-state index is 11.8. The minimum absolute atomic E-state index is 0. The molecule has 4 nitrogen and oxygen atoms in total. The summed E-state index contributed by atoms with van der Waals surface area (Å²) < 4.78 is 5.64. The normalized spacial score (nSPS) is 20.0. The average molecular weight is 325 g/mol. The van der Waals surface area contributed by atoms with Crippen LogP contribution in [0.1, 0.15) is 45.4 Å². The second-order valence-corrected chi connectivity index (χ2v) is 6.18. The molecule has 0 bridgehead atoms. The molecule has 6 heteroatoms.